The Balaban J connectivity index is 2.33. The molecule has 0 aliphatic carbocycles. The molecule has 112 valence electrons. The van der Waals surface area contributed by atoms with E-state index in [9.17, 15) is 0 Å². The third-order valence-electron chi connectivity index (χ3n) is 4.02. The van der Waals surface area contributed by atoms with Crippen LogP contribution in [0.2, 0.25) is 0 Å². The average molecular weight is 280 g/mol. The van der Waals surface area contributed by atoms with E-state index < -0.39 is 0 Å². The van der Waals surface area contributed by atoms with Crippen molar-refractivity contribution in [3.63, 3.8) is 0 Å². The molecule has 0 amide bonds. The molecule has 0 aromatic heterocycles. The zero-order chi connectivity index (χ0) is 14.7. The fourth-order valence-electron chi connectivity index (χ4n) is 2.72. The largest absolute Gasteiger partial charge is 0.493 e. The summed E-state index contributed by atoms with van der Waals surface area (Å²) in [5.41, 5.74) is 1.16. The van der Waals surface area contributed by atoms with Gasteiger partial charge in [-0.15, -0.1) is 0 Å². The molecule has 4 heteroatoms. The zero-order valence-electron chi connectivity index (χ0n) is 12.9. The van der Waals surface area contributed by atoms with Crippen LogP contribution in [0.4, 0.5) is 0 Å². The lowest BCUT2D eigenvalue weighted by atomic mass is 9.90. The molecule has 1 heterocycles. The molecule has 1 aliphatic heterocycles. The van der Waals surface area contributed by atoms with Crippen molar-refractivity contribution in [2.24, 2.45) is 0 Å². The molecule has 1 aromatic carbocycles. The molecule has 3 atom stereocenters. The highest BCUT2D eigenvalue weighted by Gasteiger charge is 2.37. The van der Waals surface area contributed by atoms with Gasteiger partial charge in [-0.1, -0.05) is 13.0 Å². The predicted octanol–water partition coefficient (Wildman–Crippen LogP) is 3.38. The van der Waals surface area contributed by atoms with Gasteiger partial charge in [-0.3, -0.25) is 0 Å². The summed E-state index contributed by atoms with van der Waals surface area (Å²) < 4.78 is 21.9. The van der Waals surface area contributed by atoms with Crippen molar-refractivity contribution in [2.75, 3.05) is 21.3 Å². The van der Waals surface area contributed by atoms with Crippen molar-refractivity contribution in [3.05, 3.63) is 17.7 Å². The van der Waals surface area contributed by atoms with Crippen LogP contribution in [0.5, 0.6) is 17.2 Å². The monoisotopic (exact) mass is 280 g/mol. The van der Waals surface area contributed by atoms with Gasteiger partial charge in [0.15, 0.2) is 11.5 Å². The molecule has 1 saturated heterocycles. The normalized spacial score (nSPS) is 22.2. The highest BCUT2D eigenvalue weighted by Crippen LogP contribution is 2.45. The molecule has 0 spiro atoms. The van der Waals surface area contributed by atoms with Crippen LogP contribution in [-0.4, -0.2) is 33.5 Å². The highest BCUT2D eigenvalue weighted by atomic mass is 16.6. The van der Waals surface area contributed by atoms with E-state index in [2.05, 4.69) is 19.9 Å². The van der Waals surface area contributed by atoms with Gasteiger partial charge >= 0.3 is 0 Å². The number of hydrogen-bond donors (Lipinski definition) is 0. The molecule has 4 nitrogen and oxygen atoms in total. The molecule has 20 heavy (non-hydrogen) atoms. The number of hydrogen-bond acceptors (Lipinski definition) is 4. The van der Waals surface area contributed by atoms with E-state index in [4.69, 9.17) is 18.9 Å². The smallest absolute Gasteiger partial charge is 0.203 e. The maximum atomic E-state index is 5.58. The minimum absolute atomic E-state index is 0.373. The molecule has 1 fully saturated rings. The van der Waals surface area contributed by atoms with Gasteiger partial charge in [0.1, 0.15) is 0 Å². The van der Waals surface area contributed by atoms with Crippen molar-refractivity contribution < 1.29 is 18.9 Å². The molecular formula is C16H24O4. The highest BCUT2D eigenvalue weighted by molar-refractivity contribution is 5.56. The number of epoxide rings is 1. The van der Waals surface area contributed by atoms with Gasteiger partial charge in [0.25, 0.3) is 0 Å². The van der Waals surface area contributed by atoms with Crippen molar-refractivity contribution in [3.8, 4) is 17.2 Å². The fourth-order valence-corrected chi connectivity index (χ4v) is 2.72. The first kappa shape index (κ1) is 15.0. The molecular weight excluding hydrogens is 256 g/mol. The first-order chi connectivity index (χ1) is 9.65. The molecule has 3 unspecified atom stereocenters. The predicted molar refractivity (Wildman–Crippen MR) is 78.1 cm³/mol. The van der Waals surface area contributed by atoms with Gasteiger partial charge in [0.2, 0.25) is 5.75 Å². The Kier molecular flexibility index (Phi) is 4.76. The molecule has 0 bridgehead atoms. The Labute approximate surface area is 121 Å². The van der Waals surface area contributed by atoms with Crippen LogP contribution >= 0.6 is 0 Å². The van der Waals surface area contributed by atoms with Gasteiger partial charge in [0, 0.05) is 5.56 Å². The maximum Gasteiger partial charge on any atom is 0.203 e. The van der Waals surface area contributed by atoms with Crippen LogP contribution in [0.1, 0.15) is 38.2 Å². The summed E-state index contributed by atoms with van der Waals surface area (Å²) in [6.07, 6.45) is 2.81. The van der Waals surface area contributed by atoms with E-state index >= 15 is 0 Å². The third kappa shape index (κ3) is 2.85. The van der Waals surface area contributed by atoms with E-state index in [0.29, 0.717) is 29.6 Å². The van der Waals surface area contributed by atoms with Crippen molar-refractivity contribution in [2.45, 2.75) is 44.8 Å². The van der Waals surface area contributed by atoms with Crippen LogP contribution in [-0.2, 0) is 4.74 Å². The quantitative estimate of drug-likeness (QED) is 0.718. The molecule has 1 aliphatic rings. The Morgan fingerprint density at radius 3 is 2.20 bits per heavy atom. The molecule has 0 N–H and O–H groups in total. The second kappa shape index (κ2) is 6.35. The Morgan fingerprint density at radius 2 is 1.75 bits per heavy atom. The minimum Gasteiger partial charge on any atom is -0.493 e. The van der Waals surface area contributed by atoms with Gasteiger partial charge in [-0.2, -0.15) is 0 Å². The summed E-state index contributed by atoms with van der Waals surface area (Å²) >= 11 is 0. The van der Waals surface area contributed by atoms with Gasteiger partial charge in [-0.05, 0) is 31.7 Å². The summed E-state index contributed by atoms with van der Waals surface area (Å²) in [6.45, 7) is 4.30. The molecule has 0 saturated carbocycles. The number of ether oxygens (including phenoxy) is 4. The second-order valence-corrected chi connectivity index (χ2v) is 5.14. The van der Waals surface area contributed by atoms with Crippen LogP contribution in [0.3, 0.4) is 0 Å². The van der Waals surface area contributed by atoms with E-state index in [0.717, 1.165) is 24.2 Å². The topological polar surface area (TPSA) is 40.2 Å². The van der Waals surface area contributed by atoms with Gasteiger partial charge < -0.3 is 18.9 Å². The number of methoxy groups -OCH3 is 3. The first-order valence-electron chi connectivity index (χ1n) is 7.10. The number of rotatable bonds is 7. The summed E-state index contributed by atoms with van der Waals surface area (Å²) in [6, 6.07) is 4.01. The van der Waals surface area contributed by atoms with Gasteiger partial charge in [0.05, 0.1) is 33.5 Å². The van der Waals surface area contributed by atoms with Crippen LogP contribution in [0.25, 0.3) is 0 Å². The zero-order valence-corrected chi connectivity index (χ0v) is 12.9. The van der Waals surface area contributed by atoms with Crippen molar-refractivity contribution >= 4 is 0 Å². The van der Waals surface area contributed by atoms with Crippen molar-refractivity contribution in [1.29, 1.82) is 0 Å². The van der Waals surface area contributed by atoms with E-state index in [1.54, 1.807) is 21.3 Å². The second-order valence-electron chi connectivity index (χ2n) is 5.14. The van der Waals surface area contributed by atoms with E-state index in [1.165, 1.54) is 0 Å². The summed E-state index contributed by atoms with van der Waals surface area (Å²) in [5.74, 6) is 2.53. The summed E-state index contributed by atoms with van der Waals surface area (Å²) in [7, 11) is 4.94. The molecule has 1 aromatic rings. The third-order valence-corrected chi connectivity index (χ3v) is 4.02. The lowest BCUT2D eigenvalue weighted by molar-refractivity contribution is 0.317. The lowest BCUT2D eigenvalue weighted by Crippen LogP contribution is -2.06. The summed E-state index contributed by atoms with van der Waals surface area (Å²) in [4.78, 5) is 0. The maximum absolute atomic E-state index is 5.58. The SMILES string of the molecule is CCC(CC1OC1C)c1ccc(OC)c(OC)c1OC. The fraction of sp³-hybridized carbons (Fsp3) is 0.625. The van der Waals surface area contributed by atoms with E-state index in [1.807, 2.05) is 6.07 Å². The average Bonchev–Trinajstić information content (AvgIpc) is 3.18. The molecule has 2 rings (SSSR count). The van der Waals surface area contributed by atoms with Gasteiger partial charge in [-0.25, -0.2) is 0 Å². The Bertz CT molecular complexity index is 458. The summed E-state index contributed by atoms with van der Waals surface area (Å²) in [5, 5.41) is 0. The van der Waals surface area contributed by atoms with Crippen LogP contribution < -0.4 is 14.2 Å². The van der Waals surface area contributed by atoms with Crippen LogP contribution in [0, 0.1) is 0 Å². The minimum atomic E-state index is 0.373. The van der Waals surface area contributed by atoms with Crippen molar-refractivity contribution in [1.82, 2.24) is 0 Å². The Hall–Kier alpha value is -1.42. The van der Waals surface area contributed by atoms with E-state index in [-0.39, 0.29) is 0 Å². The van der Waals surface area contributed by atoms with Crippen LogP contribution in [0.15, 0.2) is 12.1 Å². The Morgan fingerprint density at radius 1 is 1.10 bits per heavy atom. The first-order valence-corrected chi connectivity index (χ1v) is 7.10. The standard InChI is InChI=1S/C16H24O4/c1-6-11(9-14-10(2)20-14)12-7-8-13(17-3)16(19-5)15(12)18-4/h7-8,10-11,14H,6,9H2,1-5H3. The lowest BCUT2D eigenvalue weighted by Gasteiger charge is -2.21. The molecule has 0 radical (unpaired) electrons. The number of benzene rings is 1.